The fraction of sp³-hybridized carbons (Fsp3) is 0.310. The summed E-state index contributed by atoms with van der Waals surface area (Å²) in [5.41, 5.74) is 0.643. The number of benzene rings is 3. The SMILES string of the molecule is N=C(N=NN)C(COc1ccccc1Cl)N(CC(=O)Nc1ccc(Oc2ccccc2)cc1)C1CCCCC1. The van der Waals surface area contributed by atoms with Crippen LogP contribution in [0.15, 0.2) is 89.2 Å². The molecule has 0 heterocycles. The first kappa shape index (κ1) is 28.1. The number of amides is 1. The molecular weight excluding hydrogens is 516 g/mol. The number of carbonyl (C=O) groups is 1. The van der Waals surface area contributed by atoms with Crippen molar-refractivity contribution < 1.29 is 14.3 Å². The Morgan fingerprint density at radius 2 is 1.67 bits per heavy atom. The maximum Gasteiger partial charge on any atom is 0.238 e. The van der Waals surface area contributed by atoms with Crippen molar-refractivity contribution in [1.82, 2.24) is 4.90 Å². The first-order valence-electron chi connectivity index (χ1n) is 13.0. The molecule has 1 amide bonds. The molecule has 9 nitrogen and oxygen atoms in total. The van der Waals surface area contributed by atoms with Crippen LogP contribution in [-0.2, 0) is 4.79 Å². The number of amidine groups is 1. The molecule has 0 aromatic heterocycles. The number of anilines is 1. The van der Waals surface area contributed by atoms with E-state index in [1.54, 1.807) is 36.4 Å². The van der Waals surface area contributed by atoms with Crippen molar-refractivity contribution in [1.29, 1.82) is 5.41 Å². The van der Waals surface area contributed by atoms with Crippen molar-refractivity contribution in [2.45, 2.75) is 44.2 Å². The fourth-order valence-corrected chi connectivity index (χ4v) is 4.89. The van der Waals surface area contributed by atoms with Crippen LogP contribution in [-0.4, -0.2) is 41.9 Å². The Balaban J connectivity index is 1.47. The van der Waals surface area contributed by atoms with Crippen LogP contribution in [0.2, 0.25) is 5.02 Å². The zero-order valence-corrected chi connectivity index (χ0v) is 22.4. The predicted molar refractivity (Wildman–Crippen MR) is 153 cm³/mol. The first-order valence-corrected chi connectivity index (χ1v) is 13.4. The number of halogens is 1. The molecule has 1 aliphatic carbocycles. The summed E-state index contributed by atoms with van der Waals surface area (Å²) in [5, 5.41) is 19.1. The number of nitrogens with two attached hydrogens (primary N) is 1. The van der Waals surface area contributed by atoms with E-state index < -0.39 is 6.04 Å². The van der Waals surface area contributed by atoms with Crippen LogP contribution in [0.1, 0.15) is 32.1 Å². The normalized spacial score (nSPS) is 14.7. The number of hydrogen-bond donors (Lipinski definition) is 3. The largest absolute Gasteiger partial charge is 0.490 e. The van der Waals surface area contributed by atoms with Gasteiger partial charge in [0.1, 0.15) is 29.9 Å². The van der Waals surface area contributed by atoms with Gasteiger partial charge in [-0.2, -0.15) is 0 Å². The number of ether oxygens (including phenoxy) is 2. The molecule has 1 aliphatic rings. The van der Waals surface area contributed by atoms with Crippen LogP contribution in [0.5, 0.6) is 17.2 Å². The van der Waals surface area contributed by atoms with Gasteiger partial charge in [0.05, 0.1) is 11.6 Å². The second-order valence-electron chi connectivity index (χ2n) is 9.31. The van der Waals surface area contributed by atoms with Gasteiger partial charge in [0.2, 0.25) is 5.91 Å². The summed E-state index contributed by atoms with van der Waals surface area (Å²) in [6.07, 6.45) is 5.07. The number of para-hydroxylation sites is 2. The summed E-state index contributed by atoms with van der Waals surface area (Å²) in [6.45, 7) is 0.114. The molecule has 1 unspecified atom stereocenters. The van der Waals surface area contributed by atoms with E-state index in [1.165, 1.54) is 0 Å². The molecule has 4 N–H and O–H groups in total. The summed E-state index contributed by atoms with van der Waals surface area (Å²) in [7, 11) is 0. The molecule has 3 aromatic rings. The average Bonchev–Trinajstić information content (AvgIpc) is 2.95. The number of carbonyl (C=O) groups excluding carboxylic acids is 1. The number of nitrogens with zero attached hydrogens (tertiary/aromatic N) is 3. The van der Waals surface area contributed by atoms with E-state index in [4.69, 9.17) is 32.3 Å². The smallest absolute Gasteiger partial charge is 0.238 e. The molecule has 0 radical (unpaired) electrons. The zero-order valence-electron chi connectivity index (χ0n) is 21.6. The number of hydrogen-bond acceptors (Lipinski definition) is 6. The van der Waals surface area contributed by atoms with Crippen LogP contribution >= 0.6 is 11.6 Å². The fourth-order valence-electron chi connectivity index (χ4n) is 4.69. The lowest BCUT2D eigenvalue weighted by molar-refractivity contribution is -0.118. The van der Waals surface area contributed by atoms with Crippen LogP contribution < -0.4 is 20.6 Å². The van der Waals surface area contributed by atoms with Crippen molar-refractivity contribution in [3.05, 3.63) is 83.9 Å². The van der Waals surface area contributed by atoms with Gasteiger partial charge in [0.15, 0.2) is 5.84 Å². The quantitative estimate of drug-likeness (QED) is 0.0833. The predicted octanol–water partition coefficient (Wildman–Crippen LogP) is 6.46. The van der Waals surface area contributed by atoms with Crippen LogP contribution in [0, 0.1) is 5.41 Å². The second kappa shape index (κ2) is 14.3. The Kier molecular flexibility index (Phi) is 10.3. The highest BCUT2D eigenvalue weighted by Crippen LogP contribution is 2.28. The van der Waals surface area contributed by atoms with Gasteiger partial charge in [-0.1, -0.05) is 66.4 Å². The van der Waals surface area contributed by atoms with Crippen molar-refractivity contribution in [2.75, 3.05) is 18.5 Å². The molecule has 3 aromatic carbocycles. The summed E-state index contributed by atoms with van der Waals surface area (Å²) >= 11 is 6.28. The molecule has 204 valence electrons. The highest BCUT2D eigenvalue weighted by Gasteiger charge is 2.33. The first-order chi connectivity index (χ1) is 19.0. The maximum atomic E-state index is 13.3. The Morgan fingerprint density at radius 3 is 2.36 bits per heavy atom. The Bertz CT molecular complexity index is 1250. The minimum absolute atomic E-state index is 0.0476. The van der Waals surface area contributed by atoms with Gasteiger partial charge < -0.3 is 20.6 Å². The minimum atomic E-state index is -0.649. The van der Waals surface area contributed by atoms with Crippen molar-refractivity contribution in [3.63, 3.8) is 0 Å². The van der Waals surface area contributed by atoms with E-state index in [2.05, 4.69) is 15.7 Å². The van der Waals surface area contributed by atoms with Crippen molar-refractivity contribution in [3.8, 4) is 17.2 Å². The highest BCUT2D eigenvalue weighted by molar-refractivity contribution is 6.32. The molecule has 0 spiro atoms. The molecule has 0 bridgehead atoms. The van der Waals surface area contributed by atoms with Gasteiger partial charge in [-0.3, -0.25) is 15.1 Å². The minimum Gasteiger partial charge on any atom is -0.490 e. The molecule has 0 saturated heterocycles. The monoisotopic (exact) mass is 548 g/mol. The van der Waals surface area contributed by atoms with Gasteiger partial charge in [-0.25, -0.2) is 0 Å². The molecule has 1 atom stereocenters. The lowest BCUT2D eigenvalue weighted by Gasteiger charge is -2.38. The molecule has 39 heavy (non-hydrogen) atoms. The summed E-state index contributed by atoms with van der Waals surface area (Å²) in [6, 6.07) is 23.3. The lowest BCUT2D eigenvalue weighted by atomic mass is 9.93. The van der Waals surface area contributed by atoms with Crippen molar-refractivity contribution >= 4 is 29.0 Å². The Morgan fingerprint density at radius 1 is 1.00 bits per heavy atom. The summed E-state index contributed by atoms with van der Waals surface area (Å²) < 4.78 is 11.8. The van der Waals surface area contributed by atoms with E-state index >= 15 is 0 Å². The molecule has 1 saturated carbocycles. The second-order valence-corrected chi connectivity index (χ2v) is 9.72. The molecule has 1 fully saturated rings. The van der Waals surface area contributed by atoms with Crippen LogP contribution in [0.4, 0.5) is 5.69 Å². The van der Waals surface area contributed by atoms with Gasteiger partial charge >= 0.3 is 0 Å². The zero-order chi connectivity index (χ0) is 27.5. The van der Waals surface area contributed by atoms with Gasteiger partial charge in [-0.15, -0.1) is 5.11 Å². The van der Waals surface area contributed by atoms with Crippen molar-refractivity contribution in [2.24, 2.45) is 16.2 Å². The molecule has 0 aliphatic heterocycles. The average molecular weight is 549 g/mol. The van der Waals surface area contributed by atoms with E-state index in [0.717, 1.165) is 37.9 Å². The Hall–Kier alpha value is -3.95. The highest BCUT2D eigenvalue weighted by atomic mass is 35.5. The third-order valence-corrected chi connectivity index (χ3v) is 6.91. The molecular formula is C29H33ClN6O3. The van der Waals surface area contributed by atoms with E-state index in [-0.39, 0.29) is 30.9 Å². The third kappa shape index (κ3) is 8.27. The van der Waals surface area contributed by atoms with Gasteiger partial charge in [-0.05, 0) is 61.4 Å². The number of rotatable bonds is 11. The van der Waals surface area contributed by atoms with Crippen LogP contribution in [0.25, 0.3) is 0 Å². The molecule has 10 heteroatoms. The van der Waals surface area contributed by atoms with Gasteiger partial charge in [0, 0.05) is 11.7 Å². The number of nitrogens with one attached hydrogen (secondary N) is 2. The standard InChI is InChI=1S/C29H33ClN6O3/c30-25-13-7-8-14-27(25)38-20-26(29(31)34-35-32)36(22-9-3-1-4-10-22)19-28(37)33-21-15-17-24(18-16-21)39-23-11-5-2-6-12-23/h2,5-8,11-18,22,26H,1,3-4,9-10,19-20H2,(H,33,37)(H3,31,32,34). The van der Waals surface area contributed by atoms with Gasteiger partial charge in [0.25, 0.3) is 0 Å². The third-order valence-electron chi connectivity index (χ3n) is 6.60. The Labute approximate surface area is 233 Å². The lowest BCUT2D eigenvalue weighted by Crippen LogP contribution is -2.53. The summed E-state index contributed by atoms with van der Waals surface area (Å²) in [4.78, 5) is 15.2. The van der Waals surface area contributed by atoms with Crippen LogP contribution in [0.3, 0.4) is 0 Å². The van der Waals surface area contributed by atoms with E-state index in [9.17, 15) is 4.79 Å². The topological polar surface area (TPSA) is 125 Å². The summed E-state index contributed by atoms with van der Waals surface area (Å²) in [5.74, 6) is 6.90. The van der Waals surface area contributed by atoms with E-state index in [0.29, 0.717) is 22.2 Å². The molecule has 4 rings (SSSR count). The maximum absolute atomic E-state index is 13.3. The van der Waals surface area contributed by atoms with E-state index in [1.807, 2.05) is 47.4 Å².